The van der Waals surface area contributed by atoms with Crippen molar-refractivity contribution in [3.63, 3.8) is 0 Å². The summed E-state index contributed by atoms with van der Waals surface area (Å²) in [6, 6.07) is 6.40. The molecule has 2 unspecified atom stereocenters. The lowest BCUT2D eigenvalue weighted by Crippen LogP contribution is -2.44. The van der Waals surface area contributed by atoms with Crippen LogP contribution in [0.4, 0.5) is 10.5 Å². The Kier molecular flexibility index (Phi) is 4.73. The highest BCUT2D eigenvalue weighted by molar-refractivity contribution is 6.30. The maximum Gasteiger partial charge on any atom is 0.325 e. The first-order valence-corrected chi connectivity index (χ1v) is 7.30. The Bertz CT molecular complexity index is 539. The lowest BCUT2D eigenvalue weighted by molar-refractivity contribution is -0.135. The summed E-state index contributed by atoms with van der Waals surface area (Å²) in [7, 11) is 0. The minimum Gasteiger partial charge on any atom is -0.480 e. The molecule has 21 heavy (non-hydrogen) atoms. The molecule has 2 rings (SSSR count). The average molecular weight is 311 g/mol. The lowest BCUT2D eigenvalue weighted by atomic mass is 10.0. The molecule has 0 aliphatic carbocycles. The summed E-state index contributed by atoms with van der Waals surface area (Å²) in [6.45, 7) is 5.11. The predicted molar refractivity (Wildman–Crippen MR) is 81.7 cm³/mol. The average Bonchev–Trinajstić information content (AvgIpc) is 2.75. The van der Waals surface area contributed by atoms with Crippen molar-refractivity contribution >= 4 is 29.3 Å². The second-order valence-corrected chi connectivity index (χ2v) is 6.04. The fourth-order valence-electron chi connectivity index (χ4n) is 2.51. The normalized spacial score (nSPS) is 21.4. The zero-order valence-electron chi connectivity index (χ0n) is 12.1. The van der Waals surface area contributed by atoms with Gasteiger partial charge in [-0.3, -0.25) is 9.69 Å². The molecule has 1 aliphatic rings. The number of carboxylic acids is 1. The Labute approximate surface area is 129 Å². The van der Waals surface area contributed by atoms with E-state index < -0.39 is 5.97 Å². The zero-order chi connectivity index (χ0) is 15.6. The van der Waals surface area contributed by atoms with Gasteiger partial charge in [0.1, 0.15) is 6.54 Å². The summed E-state index contributed by atoms with van der Waals surface area (Å²) in [5, 5.41) is 9.54. The van der Waals surface area contributed by atoms with E-state index in [0.717, 1.165) is 0 Å². The van der Waals surface area contributed by atoms with Gasteiger partial charge >= 0.3 is 12.0 Å². The van der Waals surface area contributed by atoms with Crippen molar-refractivity contribution in [1.29, 1.82) is 0 Å². The minimum absolute atomic E-state index is 0.282. The largest absolute Gasteiger partial charge is 0.480 e. The van der Waals surface area contributed by atoms with E-state index in [1.54, 1.807) is 29.2 Å². The number of rotatable bonds is 3. The van der Waals surface area contributed by atoms with Gasteiger partial charge in [-0.05, 0) is 30.0 Å². The molecule has 2 amide bonds. The fourth-order valence-corrected chi connectivity index (χ4v) is 2.69. The summed E-state index contributed by atoms with van der Waals surface area (Å²) in [6.07, 6.45) is 0. The number of carboxylic acid groups (broad SMARTS) is 1. The molecule has 2 atom stereocenters. The van der Waals surface area contributed by atoms with Crippen LogP contribution in [0.5, 0.6) is 0 Å². The zero-order valence-corrected chi connectivity index (χ0v) is 12.9. The Morgan fingerprint density at radius 1 is 1.33 bits per heavy atom. The Morgan fingerprint density at radius 2 is 1.95 bits per heavy atom. The molecule has 0 aromatic heterocycles. The van der Waals surface area contributed by atoms with Crippen molar-refractivity contribution in [2.24, 2.45) is 11.8 Å². The van der Waals surface area contributed by atoms with Crippen LogP contribution in [0.25, 0.3) is 0 Å². The molecule has 5 nitrogen and oxygen atoms in total. The first-order chi connectivity index (χ1) is 9.88. The van der Waals surface area contributed by atoms with Crippen LogP contribution in [0.15, 0.2) is 24.3 Å². The second kappa shape index (κ2) is 6.35. The minimum atomic E-state index is -1.05. The molecule has 0 bridgehead atoms. The Balaban J connectivity index is 2.24. The van der Waals surface area contributed by atoms with E-state index in [1.807, 2.05) is 0 Å². The number of benzene rings is 1. The maximum atomic E-state index is 12.6. The third-order valence-electron chi connectivity index (χ3n) is 3.90. The first kappa shape index (κ1) is 15.6. The smallest absolute Gasteiger partial charge is 0.325 e. The van der Waals surface area contributed by atoms with Crippen LogP contribution < -0.4 is 4.90 Å². The van der Waals surface area contributed by atoms with Crippen molar-refractivity contribution in [3.8, 4) is 0 Å². The molecule has 1 N–H and O–H groups in total. The van der Waals surface area contributed by atoms with Crippen molar-refractivity contribution < 1.29 is 14.7 Å². The van der Waals surface area contributed by atoms with Gasteiger partial charge in [0, 0.05) is 23.8 Å². The van der Waals surface area contributed by atoms with Crippen LogP contribution in [0, 0.1) is 11.8 Å². The summed E-state index contributed by atoms with van der Waals surface area (Å²) in [5.74, 6) is -0.219. The van der Waals surface area contributed by atoms with Gasteiger partial charge in [-0.1, -0.05) is 31.5 Å². The predicted octanol–water partition coefficient (Wildman–Crippen LogP) is 2.94. The summed E-state index contributed by atoms with van der Waals surface area (Å²) < 4.78 is 0. The number of nitrogens with zero attached hydrogens (tertiary/aromatic N) is 2. The highest BCUT2D eigenvalue weighted by Gasteiger charge is 2.33. The van der Waals surface area contributed by atoms with Gasteiger partial charge in [-0.15, -0.1) is 0 Å². The van der Waals surface area contributed by atoms with Gasteiger partial charge in [0.2, 0.25) is 0 Å². The number of carbonyl (C=O) groups excluding carboxylic acids is 1. The van der Waals surface area contributed by atoms with Gasteiger partial charge < -0.3 is 10.0 Å². The fraction of sp³-hybridized carbons (Fsp3) is 0.467. The number of urea groups is 1. The number of hydrogen-bond donors (Lipinski definition) is 1. The van der Waals surface area contributed by atoms with E-state index in [1.165, 1.54) is 4.90 Å². The summed E-state index contributed by atoms with van der Waals surface area (Å²) in [5.41, 5.74) is 0.502. The van der Waals surface area contributed by atoms with Crippen molar-refractivity contribution in [1.82, 2.24) is 4.90 Å². The number of carbonyl (C=O) groups is 2. The van der Waals surface area contributed by atoms with E-state index in [-0.39, 0.29) is 12.6 Å². The van der Waals surface area contributed by atoms with Crippen molar-refractivity contribution in [3.05, 3.63) is 29.3 Å². The van der Waals surface area contributed by atoms with Gasteiger partial charge in [0.15, 0.2) is 0 Å². The SMILES string of the molecule is CC1CN(C(=O)N(CC(=O)O)c2cccc(Cl)c2)CC1C. The molecule has 6 heteroatoms. The van der Waals surface area contributed by atoms with E-state index in [0.29, 0.717) is 35.6 Å². The molecule has 1 aliphatic heterocycles. The van der Waals surface area contributed by atoms with Crippen LogP contribution in [-0.4, -0.2) is 41.6 Å². The summed E-state index contributed by atoms with van der Waals surface area (Å²) in [4.78, 5) is 26.7. The monoisotopic (exact) mass is 310 g/mol. The number of amides is 2. The van der Waals surface area contributed by atoms with Crippen LogP contribution in [-0.2, 0) is 4.79 Å². The number of halogens is 1. The van der Waals surface area contributed by atoms with Gasteiger partial charge in [0.25, 0.3) is 0 Å². The highest BCUT2D eigenvalue weighted by Crippen LogP contribution is 2.26. The van der Waals surface area contributed by atoms with Gasteiger partial charge in [-0.2, -0.15) is 0 Å². The van der Waals surface area contributed by atoms with Gasteiger partial charge in [0.05, 0.1) is 0 Å². The third-order valence-corrected chi connectivity index (χ3v) is 4.14. The standard InChI is InChI=1S/C15H19ClN2O3/c1-10-7-17(8-11(10)2)15(21)18(9-14(19)20)13-5-3-4-12(16)6-13/h3-6,10-11H,7-9H2,1-2H3,(H,19,20). The molecule has 1 heterocycles. The lowest BCUT2D eigenvalue weighted by Gasteiger charge is -2.27. The van der Waals surface area contributed by atoms with Crippen molar-refractivity contribution in [2.75, 3.05) is 24.5 Å². The number of anilines is 1. The van der Waals surface area contributed by atoms with E-state index in [9.17, 15) is 9.59 Å². The molecular formula is C15H19ClN2O3. The molecule has 0 spiro atoms. The first-order valence-electron chi connectivity index (χ1n) is 6.92. The Morgan fingerprint density at radius 3 is 2.48 bits per heavy atom. The molecule has 1 saturated heterocycles. The van der Waals surface area contributed by atoms with Crippen LogP contribution in [0.3, 0.4) is 0 Å². The molecule has 1 aromatic rings. The Hall–Kier alpha value is -1.75. The molecule has 114 valence electrons. The highest BCUT2D eigenvalue weighted by atomic mass is 35.5. The quantitative estimate of drug-likeness (QED) is 0.933. The van der Waals surface area contributed by atoms with E-state index in [2.05, 4.69) is 13.8 Å². The van der Waals surface area contributed by atoms with E-state index in [4.69, 9.17) is 16.7 Å². The molecule has 1 fully saturated rings. The molecule has 0 radical (unpaired) electrons. The molecule has 0 saturated carbocycles. The maximum absolute atomic E-state index is 12.6. The number of likely N-dealkylation sites (tertiary alicyclic amines) is 1. The molecule has 1 aromatic carbocycles. The van der Waals surface area contributed by atoms with E-state index >= 15 is 0 Å². The topological polar surface area (TPSA) is 60.9 Å². The van der Waals surface area contributed by atoms with Crippen LogP contribution in [0.2, 0.25) is 5.02 Å². The molecular weight excluding hydrogens is 292 g/mol. The second-order valence-electron chi connectivity index (χ2n) is 5.60. The summed E-state index contributed by atoms with van der Waals surface area (Å²) >= 11 is 5.94. The van der Waals surface area contributed by atoms with Crippen LogP contribution >= 0.6 is 11.6 Å². The van der Waals surface area contributed by atoms with Crippen LogP contribution in [0.1, 0.15) is 13.8 Å². The number of hydrogen-bond acceptors (Lipinski definition) is 2. The number of aliphatic carboxylic acids is 1. The van der Waals surface area contributed by atoms with Crippen molar-refractivity contribution in [2.45, 2.75) is 13.8 Å². The third kappa shape index (κ3) is 3.67. The van der Waals surface area contributed by atoms with Gasteiger partial charge in [-0.25, -0.2) is 4.79 Å².